The van der Waals surface area contributed by atoms with Crippen LogP contribution >= 0.6 is 0 Å². The summed E-state index contributed by atoms with van der Waals surface area (Å²) in [7, 11) is -3.67. The van der Waals surface area contributed by atoms with E-state index in [1.165, 1.54) is 0 Å². The molecule has 0 aliphatic carbocycles. The van der Waals surface area contributed by atoms with Gasteiger partial charge in [0.1, 0.15) is 0 Å². The summed E-state index contributed by atoms with van der Waals surface area (Å²) in [5.41, 5.74) is 3.68. The van der Waals surface area contributed by atoms with E-state index in [1.54, 1.807) is 0 Å². The van der Waals surface area contributed by atoms with E-state index in [-0.39, 0.29) is 13.2 Å². The van der Waals surface area contributed by atoms with Gasteiger partial charge in [-0.25, -0.2) is 4.99 Å². The molecule has 0 radical (unpaired) electrons. The number of H-pyrrole nitrogens is 1. The summed E-state index contributed by atoms with van der Waals surface area (Å²) in [6.45, 7) is 0. The molecule has 0 saturated heterocycles. The van der Waals surface area contributed by atoms with Crippen molar-refractivity contribution in [3.8, 4) is 17.1 Å². The van der Waals surface area contributed by atoms with Gasteiger partial charge in [0.15, 0.2) is 5.88 Å². The normalized spacial score (nSPS) is 12.8. The molecule has 0 saturated carbocycles. The van der Waals surface area contributed by atoms with Crippen LogP contribution in [0.15, 0.2) is 65.7 Å². The largest absolute Gasteiger partial charge is 1.00 e. The van der Waals surface area contributed by atoms with Gasteiger partial charge >= 0.3 is 0 Å². The lowest BCUT2D eigenvalue weighted by Crippen LogP contribution is -1.99. The van der Waals surface area contributed by atoms with Crippen LogP contribution in [0.25, 0.3) is 11.3 Å². The zero-order valence-electron chi connectivity index (χ0n) is 15.2. The Balaban J connectivity index is 0.000000420. The van der Waals surface area contributed by atoms with E-state index in [1.807, 2.05) is 60.7 Å². The standard InChI is InChI=1S/C18H12N2O2.CH4O3S.H/c21-17-13-14(16(20-17)12-9-5-2-6-10-12)18(22)19-15(13)11-7-3-1-4-8-11;1-5(2,3)4;/h1-10,19,22H;1H3,(H,2,3,4);/q;;-1. The van der Waals surface area contributed by atoms with E-state index >= 15 is 0 Å². The van der Waals surface area contributed by atoms with Crippen LogP contribution in [-0.4, -0.2) is 40.9 Å². The Kier molecular flexibility index (Phi) is 4.93. The monoisotopic (exact) mass is 385 g/mol. The van der Waals surface area contributed by atoms with E-state index in [2.05, 4.69) is 9.98 Å². The Labute approximate surface area is 157 Å². The SMILES string of the molecule is CS(=O)(=O)O.O=C1N=C(c2ccccc2)c2c(O)[nH]c(-c3ccccc3)c21.[H-]. The minimum atomic E-state index is -3.67. The van der Waals surface area contributed by atoms with Gasteiger partial charge in [-0.3, -0.25) is 9.35 Å². The fourth-order valence-electron chi connectivity index (χ4n) is 2.77. The molecule has 7 nitrogen and oxygen atoms in total. The Morgan fingerprint density at radius 3 is 1.93 bits per heavy atom. The third-order valence-electron chi connectivity index (χ3n) is 3.75. The number of benzene rings is 2. The number of rotatable bonds is 2. The lowest BCUT2D eigenvalue weighted by Gasteiger charge is -2.00. The van der Waals surface area contributed by atoms with Crippen molar-refractivity contribution in [2.75, 3.05) is 6.26 Å². The van der Waals surface area contributed by atoms with Gasteiger partial charge in [-0.05, 0) is 5.56 Å². The van der Waals surface area contributed by atoms with Crippen LogP contribution in [-0.2, 0) is 10.1 Å². The lowest BCUT2D eigenvalue weighted by atomic mass is 10.0. The topological polar surface area (TPSA) is 120 Å². The minimum absolute atomic E-state index is 0. The number of aromatic hydroxyl groups is 1. The molecular weight excluding hydrogens is 368 g/mol. The molecule has 0 atom stereocenters. The van der Waals surface area contributed by atoms with Gasteiger partial charge in [0, 0.05) is 5.56 Å². The second-order valence-electron chi connectivity index (χ2n) is 5.83. The van der Waals surface area contributed by atoms with Gasteiger partial charge in [0.25, 0.3) is 16.0 Å². The molecule has 3 N–H and O–H groups in total. The fourth-order valence-corrected chi connectivity index (χ4v) is 2.77. The number of fused-ring (bicyclic) bond motifs is 1. The van der Waals surface area contributed by atoms with E-state index in [9.17, 15) is 18.3 Å². The van der Waals surface area contributed by atoms with Crippen molar-refractivity contribution in [2.24, 2.45) is 4.99 Å². The molecule has 140 valence electrons. The van der Waals surface area contributed by atoms with Gasteiger partial charge in [-0.1, -0.05) is 60.7 Å². The first-order chi connectivity index (χ1) is 12.8. The number of aromatic amines is 1. The summed E-state index contributed by atoms with van der Waals surface area (Å²) in [4.78, 5) is 19.4. The highest BCUT2D eigenvalue weighted by molar-refractivity contribution is 7.85. The average Bonchev–Trinajstić information content (AvgIpc) is 3.14. The number of hydrogen-bond donors (Lipinski definition) is 3. The number of amides is 1. The molecule has 1 amide bonds. The summed E-state index contributed by atoms with van der Waals surface area (Å²) in [6.07, 6.45) is 0.715. The highest BCUT2D eigenvalue weighted by atomic mass is 32.2. The molecule has 2 heterocycles. The second kappa shape index (κ2) is 7.18. The smallest absolute Gasteiger partial charge is 0.280 e. The molecule has 2 aromatic carbocycles. The summed E-state index contributed by atoms with van der Waals surface area (Å²) in [5, 5.41) is 10.3. The van der Waals surface area contributed by atoms with Crippen LogP contribution in [0.3, 0.4) is 0 Å². The maximum atomic E-state index is 12.3. The summed E-state index contributed by atoms with van der Waals surface area (Å²) < 4.78 is 25.9. The first-order valence-corrected chi connectivity index (χ1v) is 9.72. The third-order valence-corrected chi connectivity index (χ3v) is 3.75. The van der Waals surface area contributed by atoms with Crippen LogP contribution < -0.4 is 0 Å². The first-order valence-electron chi connectivity index (χ1n) is 7.87. The quantitative estimate of drug-likeness (QED) is 0.586. The average molecular weight is 385 g/mol. The molecule has 1 aliphatic heterocycles. The van der Waals surface area contributed by atoms with Gasteiger partial charge in [0.05, 0.1) is 28.8 Å². The van der Waals surface area contributed by atoms with Gasteiger partial charge in [0.2, 0.25) is 0 Å². The second-order valence-corrected chi connectivity index (χ2v) is 7.30. The van der Waals surface area contributed by atoms with Gasteiger partial charge in [-0.2, -0.15) is 8.42 Å². The fraction of sp³-hybridized carbons (Fsp3) is 0.0526. The summed E-state index contributed by atoms with van der Waals surface area (Å²) in [6, 6.07) is 18.8. The number of nitrogens with zero attached hydrogens (tertiary/aromatic N) is 1. The van der Waals surface area contributed by atoms with Crippen molar-refractivity contribution >= 4 is 21.7 Å². The molecular formula is C19H17N2O5S-. The lowest BCUT2D eigenvalue weighted by molar-refractivity contribution is 0.101. The number of carbonyl (C=O) groups excluding carboxylic acids is 1. The Bertz CT molecular complexity index is 1120. The number of nitrogens with one attached hydrogen (secondary N) is 1. The predicted molar refractivity (Wildman–Crippen MR) is 103 cm³/mol. The third kappa shape index (κ3) is 4.13. The van der Waals surface area contributed by atoms with Crippen LogP contribution in [0.1, 0.15) is 22.9 Å². The van der Waals surface area contributed by atoms with Crippen LogP contribution in [0, 0.1) is 0 Å². The van der Waals surface area contributed by atoms with Crippen molar-refractivity contribution in [2.45, 2.75) is 0 Å². The molecule has 4 rings (SSSR count). The number of aromatic nitrogens is 1. The van der Waals surface area contributed by atoms with E-state index < -0.39 is 10.1 Å². The van der Waals surface area contributed by atoms with Crippen molar-refractivity contribution in [1.82, 2.24) is 4.98 Å². The Hall–Kier alpha value is -3.23. The highest BCUT2D eigenvalue weighted by Gasteiger charge is 2.33. The van der Waals surface area contributed by atoms with Gasteiger partial charge in [-0.15, -0.1) is 0 Å². The Morgan fingerprint density at radius 1 is 0.926 bits per heavy atom. The molecule has 8 heteroatoms. The maximum Gasteiger partial charge on any atom is 0.280 e. The summed E-state index contributed by atoms with van der Waals surface area (Å²) in [5.74, 6) is -0.355. The van der Waals surface area contributed by atoms with Crippen molar-refractivity contribution < 1.29 is 24.3 Å². The Morgan fingerprint density at radius 2 is 1.41 bits per heavy atom. The summed E-state index contributed by atoms with van der Waals surface area (Å²) >= 11 is 0. The zero-order chi connectivity index (χ0) is 19.6. The molecule has 0 bridgehead atoms. The van der Waals surface area contributed by atoms with E-state index in [4.69, 9.17) is 4.55 Å². The number of hydrogen-bond acceptors (Lipinski definition) is 4. The van der Waals surface area contributed by atoms with Crippen LogP contribution in [0.4, 0.5) is 0 Å². The van der Waals surface area contributed by atoms with Crippen molar-refractivity contribution in [1.29, 1.82) is 0 Å². The zero-order valence-corrected chi connectivity index (χ0v) is 15.1. The molecule has 0 unspecified atom stereocenters. The van der Waals surface area contributed by atoms with Crippen LogP contribution in [0.2, 0.25) is 0 Å². The molecule has 3 aromatic rings. The first kappa shape index (κ1) is 18.6. The van der Waals surface area contributed by atoms with Crippen molar-refractivity contribution in [3.05, 3.63) is 77.4 Å². The number of carbonyl (C=O) groups is 1. The highest BCUT2D eigenvalue weighted by Crippen LogP contribution is 2.37. The van der Waals surface area contributed by atoms with Crippen molar-refractivity contribution in [3.63, 3.8) is 0 Å². The maximum absolute atomic E-state index is 12.3. The van der Waals surface area contributed by atoms with Gasteiger partial charge < -0.3 is 11.5 Å². The predicted octanol–water partition coefficient (Wildman–Crippen LogP) is 3.00. The molecule has 0 spiro atoms. The van der Waals surface area contributed by atoms with Crippen LogP contribution in [0.5, 0.6) is 5.88 Å². The molecule has 1 aliphatic rings. The van der Waals surface area contributed by atoms with E-state index in [0.29, 0.717) is 28.8 Å². The number of aliphatic imine (C=N–C) groups is 1. The molecule has 1 aromatic heterocycles. The van der Waals surface area contributed by atoms with E-state index in [0.717, 1.165) is 11.1 Å². The molecule has 0 fully saturated rings. The minimum Gasteiger partial charge on any atom is -1.00 e. The molecule has 27 heavy (non-hydrogen) atoms.